The molecule has 0 bridgehead atoms. The molecule has 0 aliphatic rings. The molecule has 0 atom stereocenters. The van der Waals surface area contributed by atoms with Gasteiger partial charge in [-0.1, -0.05) is 12.1 Å². The minimum atomic E-state index is -0.218. The van der Waals surface area contributed by atoms with E-state index in [0.717, 1.165) is 5.69 Å². The predicted molar refractivity (Wildman–Crippen MR) is 84.7 cm³/mol. The van der Waals surface area contributed by atoms with Crippen LogP contribution in [0.1, 0.15) is 17.3 Å². The fraction of sp³-hybridized carbons (Fsp3) is 0.125. The van der Waals surface area contributed by atoms with Gasteiger partial charge in [0.15, 0.2) is 0 Å². The predicted octanol–water partition coefficient (Wildman–Crippen LogP) is 2.31. The maximum atomic E-state index is 12.4. The van der Waals surface area contributed by atoms with Crippen LogP contribution >= 0.6 is 0 Å². The third-order valence-electron chi connectivity index (χ3n) is 3.17. The molecule has 3 rings (SSSR count). The van der Waals surface area contributed by atoms with Crippen LogP contribution in [0.3, 0.4) is 0 Å². The van der Waals surface area contributed by atoms with Crippen molar-refractivity contribution in [2.45, 2.75) is 6.92 Å². The standard InChI is InChI=1S/C16H15N5O2/c1-2-23-15-6-4-3-5-14(15)16(22)18-12-7-9-13(10-8-12)21-11-17-19-20-21/h3-11H,2H2,1H3,(H,18,22). The number of nitrogens with one attached hydrogen (secondary N) is 1. The average Bonchev–Trinajstić information content (AvgIpc) is 3.11. The van der Waals surface area contributed by atoms with E-state index in [-0.39, 0.29) is 5.91 Å². The first-order valence-corrected chi connectivity index (χ1v) is 7.14. The van der Waals surface area contributed by atoms with Gasteiger partial charge in [-0.15, -0.1) is 5.10 Å². The first-order valence-electron chi connectivity index (χ1n) is 7.14. The molecule has 1 aromatic heterocycles. The Kier molecular flexibility index (Phi) is 4.28. The SMILES string of the molecule is CCOc1ccccc1C(=O)Nc1ccc(-n2cnnn2)cc1. The van der Waals surface area contributed by atoms with Crippen LogP contribution in [0.15, 0.2) is 54.9 Å². The molecule has 0 radical (unpaired) electrons. The van der Waals surface area contributed by atoms with Crippen LogP contribution in [0.2, 0.25) is 0 Å². The molecule has 2 aromatic carbocycles. The zero-order valence-corrected chi connectivity index (χ0v) is 12.5. The lowest BCUT2D eigenvalue weighted by molar-refractivity contribution is 0.102. The molecule has 0 saturated heterocycles. The van der Waals surface area contributed by atoms with Crippen LogP contribution in [0.25, 0.3) is 5.69 Å². The Balaban J connectivity index is 1.75. The summed E-state index contributed by atoms with van der Waals surface area (Å²) in [5.74, 6) is 0.349. The van der Waals surface area contributed by atoms with E-state index in [0.29, 0.717) is 23.6 Å². The van der Waals surface area contributed by atoms with Crippen molar-refractivity contribution < 1.29 is 9.53 Å². The number of benzene rings is 2. The van der Waals surface area contributed by atoms with Crippen LogP contribution in [0, 0.1) is 0 Å². The summed E-state index contributed by atoms with van der Waals surface area (Å²) in [6.07, 6.45) is 1.51. The molecular formula is C16H15N5O2. The van der Waals surface area contributed by atoms with Gasteiger partial charge in [0.1, 0.15) is 12.1 Å². The summed E-state index contributed by atoms with van der Waals surface area (Å²) in [4.78, 5) is 12.4. The Morgan fingerprint density at radius 2 is 1.96 bits per heavy atom. The summed E-state index contributed by atoms with van der Waals surface area (Å²) >= 11 is 0. The number of carbonyl (C=O) groups excluding carboxylic acids is 1. The monoisotopic (exact) mass is 309 g/mol. The third kappa shape index (κ3) is 3.34. The summed E-state index contributed by atoms with van der Waals surface area (Å²) in [7, 11) is 0. The van der Waals surface area contributed by atoms with Gasteiger partial charge < -0.3 is 10.1 Å². The Morgan fingerprint density at radius 3 is 2.65 bits per heavy atom. The number of anilines is 1. The van der Waals surface area contributed by atoms with Gasteiger partial charge in [0, 0.05) is 5.69 Å². The fourth-order valence-corrected chi connectivity index (χ4v) is 2.11. The second-order valence-electron chi connectivity index (χ2n) is 4.68. The van der Waals surface area contributed by atoms with E-state index in [1.807, 2.05) is 25.1 Å². The van der Waals surface area contributed by atoms with Crippen molar-refractivity contribution in [2.24, 2.45) is 0 Å². The van der Waals surface area contributed by atoms with Crippen LogP contribution in [-0.4, -0.2) is 32.7 Å². The number of tetrazole rings is 1. The highest BCUT2D eigenvalue weighted by molar-refractivity contribution is 6.06. The lowest BCUT2D eigenvalue weighted by Gasteiger charge is -2.10. The topological polar surface area (TPSA) is 81.9 Å². The van der Waals surface area contributed by atoms with Crippen LogP contribution in [0.5, 0.6) is 5.75 Å². The zero-order chi connectivity index (χ0) is 16.1. The molecule has 0 spiro atoms. The van der Waals surface area contributed by atoms with E-state index in [1.54, 1.807) is 30.3 Å². The van der Waals surface area contributed by atoms with Crippen molar-refractivity contribution in [2.75, 3.05) is 11.9 Å². The van der Waals surface area contributed by atoms with E-state index in [9.17, 15) is 4.79 Å². The molecule has 1 heterocycles. The number of nitrogens with zero attached hydrogens (tertiary/aromatic N) is 4. The highest BCUT2D eigenvalue weighted by Crippen LogP contribution is 2.20. The van der Waals surface area contributed by atoms with Crippen molar-refractivity contribution in [3.05, 3.63) is 60.4 Å². The Morgan fingerprint density at radius 1 is 1.17 bits per heavy atom. The second kappa shape index (κ2) is 6.69. The van der Waals surface area contributed by atoms with Gasteiger partial charge in [0.25, 0.3) is 5.91 Å². The summed E-state index contributed by atoms with van der Waals surface area (Å²) in [5.41, 5.74) is 1.99. The quantitative estimate of drug-likeness (QED) is 0.782. The Hall–Kier alpha value is -3.22. The van der Waals surface area contributed by atoms with E-state index >= 15 is 0 Å². The molecule has 1 amide bonds. The van der Waals surface area contributed by atoms with E-state index < -0.39 is 0 Å². The molecule has 0 fully saturated rings. The average molecular weight is 309 g/mol. The van der Waals surface area contributed by atoms with E-state index in [4.69, 9.17) is 4.74 Å². The Labute approximate surface area is 132 Å². The van der Waals surface area contributed by atoms with E-state index in [2.05, 4.69) is 20.8 Å². The molecule has 0 aliphatic carbocycles. The normalized spacial score (nSPS) is 10.3. The summed E-state index contributed by atoms with van der Waals surface area (Å²) in [6, 6.07) is 14.4. The smallest absolute Gasteiger partial charge is 0.259 e. The number of hydrogen-bond donors (Lipinski definition) is 1. The molecule has 116 valence electrons. The highest BCUT2D eigenvalue weighted by Gasteiger charge is 2.12. The molecule has 0 aliphatic heterocycles. The first-order chi connectivity index (χ1) is 11.3. The van der Waals surface area contributed by atoms with Crippen molar-refractivity contribution in [3.8, 4) is 11.4 Å². The number of carbonyl (C=O) groups is 1. The van der Waals surface area contributed by atoms with Gasteiger partial charge in [-0.05, 0) is 53.7 Å². The molecule has 1 N–H and O–H groups in total. The number of amides is 1. The number of hydrogen-bond acceptors (Lipinski definition) is 5. The van der Waals surface area contributed by atoms with E-state index in [1.165, 1.54) is 11.0 Å². The molecule has 7 nitrogen and oxygen atoms in total. The first kappa shape index (κ1) is 14.7. The summed E-state index contributed by atoms with van der Waals surface area (Å²) in [5, 5.41) is 13.8. The minimum absolute atomic E-state index is 0.218. The van der Waals surface area contributed by atoms with Crippen LogP contribution in [-0.2, 0) is 0 Å². The van der Waals surface area contributed by atoms with Gasteiger partial charge in [0.2, 0.25) is 0 Å². The van der Waals surface area contributed by atoms with Crippen molar-refractivity contribution in [1.29, 1.82) is 0 Å². The van der Waals surface area contributed by atoms with Gasteiger partial charge in [-0.25, -0.2) is 4.68 Å². The van der Waals surface area contributed by atoms with Crippen molar-refractivity contribution in [1.82, 2.24) is 20.2 Å². The number of ether oxygens (including phenoxy) is 1. The summed E-state index contributed by atoms with van der Waals surface area (Å²) < 4.78 is 7.02. The minimum Gasteiger partial charge on any atom is -0.493 e. The molecular weight excluding hydrogens is 294 g/mol. The zero-order valence-electron chi connectivity index (χ0n) is 12.5. The largest absolute Gasteiger partial charge is 0.493 e. The number of aromatic nitrogens is 4. The molecule has 0 unspecified atom stereocenters. The lowest BCUT2D eigenvalue weighted by Crippen LogP contribution is -2.13. The Bertz CT molecular complexity index is 784. The van der Waals surface area contributed by atoms with Crippen LogP contribution < -0.4 is 10.1 Å². The van der Waals surface area contributed by atoms with Gasteiger partial charge >= 0.3 is 0 Å². The second-order valence-corrected chi connectivity index (χ2v) is 4.68. The van der Waals surface area contributed by atoms with Crippen molar-refractivity contribution >= 4 is 11.6 Å². The summed E-state index contributed by atoms with van der Waals surface area (Å²) in [6.45, 7) is 2.39. The maximum Gasteiger partial charge on any atom is 0.259 e. The molecule has 0 saturated carbocycles. The lowest BCUT2D eigenvalue weighted by atomic mass is 10.2. The fourth-order valence-electron chi connectivity index (χ4n) is 2.11. The van der Waals surface area contributed by atoms with Gasteiger partial charge in [-0.2, -0.15) is 0 Å². The molecule has 3 aromatic rings. The van der Waals surface area contributed by atoms with Crippen LogP contribution in [0.4, 0.5) is 5.69 Å². The molecule has 23 heavy (non-hydrogen) atoms. The number of rotatable bonds is 5. The highest BCUT2D eigenvalue weighted by atomic mass is 16.5. The molecule has 7 heteroatoms. The third-order valence-corrected chi connectivity index (χ3v) is 3.17. The van der Waals surface area contributed by atoms with Crippen molar-refractivity contribution in [3.63, 3.8) is 0 Å². The van der Waals surface area contributed by atoms with Gasteiger partial charge in [0.05, 0.1) is 17.9 Å². The number of para-hydroxylation sites is 1. The van der Waals surface area contributed by atoms with Gasteiger partial charge in [-0.3, -0.25) is 4.79 Å². The maximum absolute atomic E-state index is 12.4.